The third-order valence-electron chi connectivity index (χ3n) is 5.37. The Morgan fingerprint density at radius 1 is 1.21 bits per heavy atom. The minimum absolute atomic E-state index is 0.168. The first-order chi connectivity index (χ1) is 13.7. The summed E-state index contributed by atoms with van der Waals surface area (Å²) in [5, 5.41) is 5.72. The third-order valence-corrected chi connectivity index (χ3v) is 5.37. The maximum Gasteiger partial charge on any atom is 0.338 e. The van der Waals surface area contributed by atoms with Crippen molar-refractivity contribution in [3.8, 4) is 11.5 Å². The Hall–Kier alpha value is -2.74. The van der Waals surface area contributed by atoms with Gasteiger partial charge in [-0.25, -0.2) is 9.59 Å². The molecular formula is C20H26N3O5+. The van der Waals surface area contributed by atoms with Crippen LogP contribution in [0.25, 0.3) is 0 Å². The highest BCUT2D eigenvalue weighted by Crippen LogP contribution is 2.37. The number of ether oxygens (including phenoxy) is 3. The molecule has 28 heavy (non-hydrogen) atoms. The van der Waals surface area contributed by atoms with Gasteiger partial charge in [0.15, 0.2) is 11.5 Å². The van der Waals surface area contributed by atoms with Crippen LogP contribution in [0.3, 0.4) is 0 Å². The normalized spacial score (nSPS) is 21.9. The molecule has 150 valence electrons. The Bertz CT molecular complexity index is 801. The summed E-state index contributed by atoms with van der Waals surface area (Å²) in [5.41, 5.74) is 1.86. The molecule has 1 atom stereocenters. The summed E-state index contributed by atoms with van der Waals surface area (Å²) in [5.74, 6) is 0.851. The zero-order valence-corrected chi connectivity index (χ0v) is 16.0. The van der Waals surface area contributed by atoms with Crippen LogP contribution in [0, 0.1) is 0 Å². The van der Waals surface area contributed by atoms with Crippen LogP contribution in [0.5, 0.6) is 11.5 Å². The summed E-state index contributed by atoms with van der Waals surface area (Å²) < 4.78 is 16.2. The van der Waals surface area contributed by atoms with E-state index in [1.165, 1.54) is 11.3 Å². The van der Waals surface area contributed by atoms with E-state index in [4.69, 9.17) is 14.2 Å². The summed E-state index contributed by atoms with van der Waals surface area (Å²) in [4.78, 5) is 26.6. The number of carbonyl (C=O) groups is 2. The topological polar surface area (TPSA) is 90.3 Å². The van der Waals surface area contributed by atoms with Crippen molar-refractivity contribution >= 4 is 12.0 Å². The number of piperidine rings is 1. The van der Waals surface area contributed by atoms with Gasteiger partial charge >= 0.3 is 12.0 Å². The van der Waals surface area contributed by atoms with E-state index in [2.05, 4.69) is 10.6 Å². The van der Waals surface area contributed by atoms with Gasteiger partial charge in [-0.2, -0.15) is 0 Å². The smallest absolute Gasteiger partial charge is 0.338 e. The minimum atomic E-state index is -0.596. The largest absolute Gasteiger partial charge is 0.463 e. The second-order valence-corrected chi connectivity index (χ2v) is 7.24. The van der Waals surface area contributed by atoms with E-state index in [0.717, 1.165) is 31.5 Å². The van der Waals surface area contributed by atoms with Crippen molar-refractivity contribution in [3.63, 3.8) is 0 Å². The number of fused-ring (bicyclic) bond motifs is 1. The molecule has 2 amide bonds. The lowest BCUT2D eigenvalue weighted by Crippen LogP contribution is -3.13. The second kappa shape index (κ2) is 8.10. The van der Waals surface area contributed by atoms with Crippen molar-refractivity contribution in [2.45, 2.75) is 32.2 Å². The van der Waals surface area contributed by atoms with Crippen molar-refractivity contribution < 1.29 is 28.7 Å². The summed E-state index contributed by atoms with van der Waals surface area (Å²) >= 11 is 0. The molecule has 0 bridgehead atoms. The number of hydrogen-bond donors (Lipinski definition) is 3. The number of carbonyl (C=O) groups excluding carboxylic acids is 2. The zero-order valence-electron chi connectivity index (χ0n) is 16.0. The van der Waals surface area contributed by atoms with E-state index in [1.54, 1.807) is 13.0 Å². The van der Waals surface area contributed by atoms with Gasteiger partial charge in [0, 0.05) is 0 Å². The molecule has 8 nitrogen and oxygen atoms in total. The number of benzene rings is 1. The first-order valence-electron chi connectivity index (χ1n) is 9.86. The zero-order chi connectivity index (χ0) is 19.5. The Morgan fingerprint density at radius 2 is 2.00 bits per heavy atom. The molecule has 1 fully saturated rings. The molecular weight excluding hydrogens is 362 g/mol. The van der Waals surface area contributed by atoms with E-state index < -0.39 is 12.0 Å². The van der Waals surface area contributed by atoms with Gasteiger partial charge in [0.2, 0.25) is 6.79 Å². The van der Waals surface area contributed by atoms with Crippen LogP contribution in [0.2, 0.25) is 0 Å². The van der Waals surface area contributed by atoms with E-state index in [0.29, 0.717) is 29.3 Å². The molecule has 3 N–H and O–H groups in total. The third kappa shape index (κ3) is 3.77. The number of quaternary nitrogens is 1. The predicted molar refractivity (Wildman–Crippen MR) is 100 cm³/mol. The summed E-state index contributed by atoms with van der Waals surface area (Å²) in [6.45, 7) is 4.89. The minimum Gasteiger partial charge on any atom is -0.463 e. The summed E-state index contributed by atoms with van der Waals surface area (Å²) in [7, 11) is 0. The molecule has 0 spiro atoms. The lowest BCUT2D eigenvalue weighted by molar-refractivity contribution is -0.900. The van der Waals surface area contributed by atoms with Gasteiger partial charge in [0.1, 0.15) is 6.54 Å². The number of likely N-dealkylation sites (tertiary alicyclic amines) is 1. The monoisotopic (exact) mass is 388 g/mol. The predicted octanol–water partition coefficient (Wildman–Crippen LogP) is 0.655. The highest BCUT2D eigenvalue weighted by Gasteiger charge is 2.36. The molecule has 0 saturated carbocycles. The van der Waals surface area contributed by atoms with Crippen molar-refractivity contribution in [1.29, 1.82) is 0 Å². The number of hydrogen-bond acceptors (Lipinski definition) is 5. The van der Waals surface area contributed by atoms with Crippen LogP contribution in [-0.4, -0.2) is 45.0 Å². The molecule has 1 aromatic rings. The molecule has 0 unspecified atom stereocenters. The van der Waals surface area contributed by atoms with Gasteiger partial charge in [-0.15, -0.1) is 0 Å². The van der Waals surface area contributed by atoms with Crippen LogP contribution >= 0.6 is 0 Å². The molecule has 1 aromatic carbocycles. The molecule has 3 aliphatic rings. The maximum atomic E-state index is 12.8. The van der Waals surface area contributed by atoms with E-state index in [1.807, 2.05) is 12.1 Å². The number of nitrogens with one attached hydrogen (secondary N) is 3. The number of esters is 1. The van der Waals surface area contributed by atoms with Crippen LogP contribution < -0.4 is 25.0 Å². The van der Waals surface area contributed by atoms with Crippen LogP contribution in [0.1, 0.15) is 37.8 Å². The van der Waals surface area contributed by atoms with Gasteiger partial charge in [-0.3, -0.25) is 0 Å². The number of amides is 2. The lowest BCUT2D eigenvalue weighted by atomic mass is 9.94. The quantitative estimate of drug-likeness (QED) is 0.645. The molecule has 8 heteroatoms. The molecule has 0 radical (unpaired) electrons. The average Bonchev–Trinajstić information content (AvgIpc) is 3.16. The van der Waals surface area contributed by atoms with E-state index >= 15 is 0 Å². The second-order valence-electron chi connectivity index (χ2n) is 7.24. The molecule has 1 saturated heterocycles. The van der Waals surface area contributed by atoms with Gasteiger partial charge in [-0.05, 0) is 43.9 Å². The van der Waals surface area contributed by atoms with Crippen LogP contribution in [-0.2, 0) is 9.53 Å². The molecule has 0 aliphatic carbocycles. The van der Waals surface area contributed by atoms with E-state index in [-0.39, 0.29) is 19.4 Å². The Morgan fingerprint density at radius 3 is 2.79 bits per heavy atom. The molecule has 3 heterocycles. The van der Waals surface area contributed by atoms with E-state index in [9.17, 15) is 9.59 Å². The Kier molecular flexibility index (Phi) is 5.38. The standard InChI is InChI=1S/C20H25N3O5/c1-2-26-19(24)17-14(11-23-8-4-3-5-9-23)21-20(25)22-18(17)13-6-7-15-16(10-13)28-12-27-15/h6-7,10,18H,2-5,8-9,11-12H2,1H3,(H2,21,22,25)/p+1/t18-/m0/s1. The van der Waals surface area contributed by atoms with Crippen molar-refractivity contribution in [2.75, 3.05) is 33.0 Å². The average molecular weight is 388 g/mol. The van der Waals surface area contributed by atoms with Gasteiger partial charge in [0.25, 0.3) is 0 Å². The van der Waals surface area contributed by atoms with Gasteiger partial charge in [0.05, 0.1) is 37.0 Å². The fourth-order valence-electron chi connectivity index (χ4n) is 4.03. The molecule has 4 rings (SSSR count). The van der Waals surface area contributed by atoms with Crippen molar-refractivity contribution in [2.24, 2.45) is 0 Å². The fraction of sp³-hybridized carbons (Fsp3) is 0.500. The molecule has 3 aliphatic heterocycles. The number of urea groups is 1. The molecule has 0 aromatic heterocycles. The first kappa shape index (κ1) is 18.6. The highest BCUT2D eigenvalue weighted by atomic mass is 16.7. The summed E-state index contributed by atoms with van der Waals surface area (Å²) in [6.07, 6.45) is 3.56. The van der Waals surface area contributed by atoms with Gasteiger partial charge < -0.3 is 29.7 Å². The lowest BCUT2D eigenvalue weighted by Gasteiger charge is -2.31. The Balaban J connectivity index is 1.70. The first-order valence-corrected chi connectivity index (χ1v) is 9.86. The Labute approximate surface area is 163 Å². The highest BCUT2D eigenvalue weighted by molar-refractivity contribution is 5.95. The maximum absolute atomic E-state index is 12.8. The van der Waals surface area contributed by atoms with Crippen LogP contribution in [0.15, 0.2) is 29.5 Å². The summed E-state index contributed by atoms with van der Waals surface area (Å²) in [6, 6.07) is 4.53. The van der Waals surface area contributed by atoms with Gasteiger partial charge in [-0.1, -0.05) is 6.07 Å². The van der Waals surface area contributed by atoms with Crippen molar-refractivity contribution in [3.05, 3.63) is 35.0 Å². The van der Waals surface area contributed by atoms with Crippen LogP contribution in [0.4, 0.5) is 4.79 Å². The fourth-order valence-corrected chi connectivity index (χ4v) is 4.03. The van der Waals surface area contributed by atoms with Crippen molar-refractivity contribution in [1.82, 2.24) is 10.6 Å². The SMILES string of the molecule is CCOC(=O)C1=C(C[NH+]2CCCCC2)NC(=O)N[C@H]1c1ccc2c(c1)OCO2. The number of rotatable bonds is 5.